The number of carbonyl (C=O) groups excluding carboxylic acids is 2. The molecule has 0 atom stereocenters. The van der Waals surface area contributed by atoms with E-state index in [1.807, 2.05) is 45.0 Å². The molecule has 0 saturated heterocycles. The molecule has 166 valence electrons. The highest BCUT2D eigenvalue weighted by Crippen LogP contribution is 2.32. The number of hydrogen-bond acceptors (Lipinski definition) is 6. The molecule has 1 aromatic carbocycles. The fraction of sp³-hybridized carbons (Fsp3) is 0.435. The molecule has 1 aromatic heterocycles. The highest BCUT2D eigenvalue weighted by atomic mass is 16.6. The van der Waals surface area contributed by atoms with Crippen LogP contribution >= 0.6 is 0 Å². The van der Waals surface area contributed by atoms with Crippen LogP contribution in [0.5, 0.6) is 0 Å². The van der Waals surface area contributed by atoms with Gasteiger partial charge in [-0.15, -0.1) is 0 Å². The zero-order valence-electron chi connectivity index (χ0n) is 18.6. The van der Waals surface area contributed by atoms with Gasteiger partial charge in [0.2, 0.25) is 0 Å². The molecule has 8 heteroatoms. The standard InChI is InChI=1S/C23H28N2O6/c1-6-31-19(27)11-12-23(4,5)14-24-20(17-9-7-15(2)8-10-17)16(3)18(13-26)21(22(24)28)25(29)30/h7-10,13H,6,11-12,14H2,1-5H3. The van der Waals surface area contributed by atoms with Crippen molar-refractivity contribution in [1.29, 1.82) is 0 Å². The number of ether oxygens (including phenoxy) is 1. The van der Waals surface area contributed by atoms with E-state index in [4.69, 9.17) is 4.74 Å². The number of benzene rings is 1. The number of hydrogen-bond donors (Lipinski definition) is 0. The number of carbonyl (C=O) groups is 2. The highest BCUT2D eigenvalue weighted by Gasteiger charge is 2.31. The van der Waals surface area contributed by atoms with Crippen LogP contribution in [0.3, 0.4) is 0 Å². The molecule has 0 N–H and O–H groups in total. The van der Waals surface area contributed by atoms with Gasteiger partial charge in [0.1, 0.15) is 5.56 Å². The maximum Gasteiger partial charge on any atom is 0.344 e. The fourth-order valence-corrected chi connectivity index (χ4v) is 3.59. The number of rotatable bonds is 9. The normalized spacial score (nSPS) is 11.3. The van der Waals surface area contributed by atoms with Gasteiger partial charge >= 0.3 is 17.2 Å². The third kappa shape index (κ3) is 5.45. The first-order valence-corrected chi connectivity index (χ1v) is 10.1. The predicted octanol–water partition coefficient (Wildman–Crippen LogP) is 4.22. The van der Waals surface area contributed by atoms with Crippen LogP contribution in [0.2, 0.25) is 0 Å². The number of aryl methyl sites for hydroxylation is 1. The van der Waals surface area contributed by atoms with Crippen molar-refractivity contribution in [3.63, 3.8) is 0 Å². The molecule has 0 aliphatic carbocycles. The van der Waals surface area contributed by atoms with Crippen LogP contribution in [0.4, 0.5) is 5.69 Å². The Hall–Kier alpha value is -3.29. The smallest absolute Gasteiger partial charge is 0.344 e. The average Bonchev–Trinajstić information content (AvgIpc) is 2.70. The SMILES string of the molecule is CCOC(=O)CCC(C)(C)Cn1c(-c2ccc(C)cc2)c(C)c(C=O)c([N+](=O)[O-])c1=O. The molecule has 0 bridgehead atoms. The molecule has 0 fully saturated rings. The van der Waals surface area contributed by atoms with Gasteiger partial charge in [-0.1, -0.05) is 43.7 Å². The molecule has 0 radical (unpaired) electrons. The minimum Gasteiger partial charge on any atom is -0.466 e. The first-order valence-electron chi connectivity index (χ1n) is 10.1. The molecule has 0 aliphatic rings. The van der Waals surface area contributed by atoms with Crippen molar-refractivity contribution < 1.29 is 19.2 Å². The van der Waals surface area contributed by atoms with Crippen LogP contribution < -0.4 is 5.56 Å². The highest BCUT2D eigenvalue weighted by molar-refractivity contribution is 5.87. The fourth-order valence-electron chi connectivity index (χ4n) is 3.59. The van der Waals surface area contributed by atoms with Crippen LogP contribution in [-0.4, -0.2) is 28.4 Å². The van der Waals surface area contributed by atoms with E-state index in [0.717, 1.165) is 5.56 Å². The monoisotopic (exact) mass is 428 g/mol. The van der Waals surface area contributed by atoms with Crippen molar-refractivity contribution in [2.45, 2.75) is 54.0 Å². The van der Waals surface area contributed by atoms with E-state index in [1.165, 1.54) is 4.57 Å². The molecule has 8 nitrogen and oxygen atoms in total. The summed E-state index contributed by atoms with van der Waals surface area (Å²) in [4.78, 5) is 47.5. The summed E-state index contributed by atoms with van der Waals surface area (Å²) in [6.45, 7) is 9.44. The molecule has 2 aromatic rings. The van der Waals surface area contributed by atoms with Crippen molar-refractivity contribution in [3.05, 3.63) is 61.4 Å². The van der Waals surface area contributed by atoms with E-state index < -0.39 is 21.6 Å². The van der Waals surface area contributed by atoms with Crippen LogP contribution in [0.25, 0.3) is 11.3 Å². The Labute approximate surface area is 181 Å². The van der Waals surface area contributed by atoms with E-state index in [9.17, 15) is 24.5 Å². The van der Waals surface area contributed by atoms with Gasteiger partial charge in [0.25, 0.3) is 0 Å². The maximum atomic E-state index is 13.2. The van der Waals surface area contributed by atoms with Crippen LogP contribution in [0.1, 0.15) is 55.1 Å². The molecule has 2 rings (SSSR count). The Morgan fingerprint density at radius 1 is 1.23 bits per heavy atom. The molecule has 31 heavy (non-hydrogen) atoms. The van der Waals surface area contributed by atoms with Gasteiger partial charge in [-0.25, -0.2) is 0 Å². The number of esters is 1. The summed E-state index contributed by atoms with van der Waals surface area (Å²) >= 11 is 0. The molecule has 0 spiro atoms. The Kier molecular flexibility index (Phi) is 7.49. The second-order valence-corrected chi connectivity index (χ2v) is 8.34. The van der Waals surface area contributed by atoms with Gasteiger partial charge in [-0.3, -0.25) is 24.5 Å². The zero-order valence-corrected chi connectivity index (χ0v) is 18.6. The van der Waals surface area contributed by atoms with E-state index in [1.54, 1.807) is 13.8 Å². The maximum absolute atomic E-state index is 13.2. The van der Waals surface area contributed by atoms with Crippen molar-refractivity contribution in [3.8, 4) is 11.3 Å². The minimum absolute atomic E-state index is 0.134. The van der Waals surface area contributed by atoms with E-state index in [-0.39, 0.29) is 31.1 Å². The lowest BCUT2D eigenvalue weighted by atomic mass is 9.87. The topological polar surface area (TPSA) is 109 Å². The molecule has 0 amide bonds. The Bertz CT molecular complexity index is 1050. The van der Waals surface area contributed by atoms with Crippen LogP contribution in [0, 0.1) is 29.4 Å². The van der Waals surface area contributed by atoms with Crippen LogP contribution in [-0.2, 0) is 16.1 Å². The first kappa shape index (κ1) is 24.0. The largest absolute Gasteiger partial charge is 0.466 e. The number of nitro groups is 1. The quantitative estimate of drug-likeness (QED) is 0.256. The van der Waals surface area contributed by atoms with Gasteiger partial charge in [0.05, 0.1) is 17.2 Å². The molecule has 0 saturated carbocycles. The lowest BCUT2D eigenvalue weighted by molar-refractivity contribution is -0.386. The van der Waals surface area contributed by atoms with E-state index in [2.05, 4.69) is 0 Å². The molecular formula is C23H28N2O6. The summed E-state index contributed by atoms with van der Waals surface area (Å²) in [7, 11) is 0. The number of aromatic nitrogens is 1. The third-order valence-electron chi connectivity index (χ3n) is 5.25. The van der Waals surface area contributed by atoms with Gasteiger partial charge < -0.3 is 9.30 Å². The summed E-state index contributed by atoms with van der Waals surface area (Å²) in [5.41, 5.74) is 0.197. The average molecular weight is 428 g/mol. The van der Waals surface area contributed by atoms with Gasteiger partial charge in [0.15, 0.2) is 6.29 Å². The second-order valence-electron chi connectivity index (χ2n) is 8.34. The van der Waals surface area contributed by atoms with Crippen LogP contribution in [0.15, 0.2) is 29.1 Å². The van der Waals surface area contributed by atoms with Crippen molar-refractivity contribution in [1.82, 2.24) is 4.57 Å². The minimum atomic E-state index is -0.836. The molecular weight excluding hydrogens is 400 g/mol. The Morgan fingerprint density at radius 2 is 1.84 bits per heavy atom. The lowest BCUT2D eigenvalue weighted by Gasteiger charge is -2.28. The molecule has 0 aliphatic heterocycles. The van der Waals surface area contributed by atoms with E-state index >= 15 is 0 Å². The number of pyridine rings is 1. The van der Waals surface area contributed by atoms with Gasteiger partial charge in [-0.2, -0.15) is 0 Å². The first-order chi connectivity index (χ1) is 14.5. The third-order valence-corrected chi connectivity index (χ3v) is 5.25. The lowest BCUT2D eigenvalue weighted by Crippen LogP contribution is -2.33. The van der Waals surface area contributed by atoms with Crippen molar-refractivity contribution in [2.24, 2.45) is 5.41 Å². The summed E-state index contributed by atoms with van der Waals surface area (Å²) in [5.74, 6) is -0.333. The van der Waals surface area contributed by atoms with Gasteiger partial charge in [0, 0.05) is 13.0 Å². The van der Waals surface area contributed by atoms with Crippen molar-refractivity contribution >= 4 is 17.9 Å². The summed E-state index contributed by atoms with van der Waals surface area (Å²) in [5, 5.41) is 11.6. The Balaban J connectivity index is 2.67. The molecule has 1 heterocycles. The second kappa shape index (κ2) is 9.68. The number of aldehydes is 1. The predicted molar refractivity (Wildman–Crippen MR) is 117 cm³/mol. The number of nitrogens with zero attached hydrogens (tertiary/aromatic N) is 2. The molecule has 0 unspecified atom stereocenters. The summed E-state index contributed by atoms with van der Waals surface area (Å²) in [6, 6.07) is 7.38. The summed E-state index contributed by atoms with van der Waals surface area (Å²) in [6.07, 6.45) is 0.958. The van der Waals surface area contributed by atoms with Crippen molar-refractivity contribution in [2.75, 3.05) is 6.61 Å². The van der Waals surface area contributed by atoms with E-state index in [0.29, 0.717) is 29.5 Å². The Morgan fingerprint density at radius 3 is 2.35 bits per heavy atom. The summed E-state index contributed by atoms with van der Waals surface area (Å²) < 4.78 is 6.34. The zero-order chi connectivity index (χ0) is 23.3. The van der Waals surface area contributed by atoms with Gasteiger partial charge in [-0.05, 0) is 43.7 Å².